The van der Waals surface area contributed by atoms with Gasteiger partial charge in [0.1, 0.15) is 0 Å². The Kier molecular flexibility index (Phi) is 4.68. The van der Waals surface area contributed by atoms with E-state index in [1.165, 1.54) is 11.8 Å². The third kappa shape index (κ3) is 3.60. The third-order valence-corrected chi connectivity index (χ3v) is 4.80. The van der Waals surface area contributed by atoms with E-state index in [2.05, 4.69) is 15.9 Å². The lowest BCUT2D eigenvalue weighted by atomic mass is 10.1. The van der Waals surface area contributed by atoms with E-state index >= 15 is 0 Å². The van der Waals surface area contributed by atoms with Crippen molar-refractivity contribution in [3.05, 3.63) is 28.2 Å². The lowest BCUT2D eigenvalue weighted by Gasteiger charge is -2.18. The number of thioether (sulfide) groups is 1. The first kappa shape index (κ1) is 14.6. The van der Waals surface area contributed by atoms with Crippen LogP contribution in [0.5, 0.6) is 0 Å². The summed E-state index contributed by atoms with van der Waals surface area (Å²) in [6.07, 6.45) is 0.528. The fourth-order valence-corrected chi connectivity index (χ4v) is 3.59. The molecule has 0 radical (unpaired) electrons. The van der Waals surface area contributed by atoms with Crippen molar-refractivity contribution >= 4 is 44.4 Å². The molecule has 0 N–H and O–H groups in total. The number of amides is 1. The Morgan fingerprint density at radius 1 is 1.53 bits per heavy atom. The number of carbonyl (C=O) groups excluding carboxylic acids is 2. The predicted molar refractivity (Wildman–Crippen MR) is 82.5 cm³/mol. The molecule has 1 fully saturated rings. The molecule has 1 amide bonds. The van der Waals surface area contributed by atoms with E-state index in [1.54, 1.807) is 6.92 Å². The molecular formula is C14H16BrNO2S. The van der Waals surface area contributed by atoms with E-state index in [0.717, 1.165) is 21.5 Å². The van der Waals surface area contributed by atoms with Crippen LogP contribution in [0.3, 0.4) is 0 Å². The maximum Gasteiger partial charge on any atom is 0.227 e. The van der Waals surface area contributed by atoms with Gasteiger partial charge in [0.05, 0.1) is 5.69 Å². The van der Waals surface area contributed by atoms with Gasteiger partial charge >= 0.3 is 0 Å². The summed E-state index contributed by atoms with van der Waals surface area (Å²) in [7, 11) is 0. The van der Waals surface area contributed by atoms with Gasteiger partial charge in [-0.3, -0.25) is 9.59 Å². The second-order valence-electron chi connectivity index (χ2n) is 4.83. The summed E-state index contributed by atoms with van der Waals surface area (Å²) in [4.78, 5) is 24.9. The molecule has 0 bridgehead atoms. The Morgan fingerprint density at radius 2 is 2.26 bits per heavy atom. The largest absolute Gasteiger partial charge is 0.311 e. The summed E-state index contributed by atoms with van der Waals surface area (Å²) >= 11 is 4.82. The smallest absolute Gasteiger partial charge is 0.227 e. The molecule has 1 aliphatic heterocycles. The monoisotopic (exact) mass is 341 g/mol. The van der Waals surface area contributed by atoms with Crippen LogP contribution in [0.15, 0.2) is 22.7 Å². The van der Waals surface area contributed by atoms with Crippen LogP contribution in [0.2, 0.25) is 0 Å². The predicted octanol–water partition coefficient (Wildman–Crippen LogP) is 3.39. The SMILES string of the molecule is CC(=O)SCC1CC(=O)N(c2ccc(C)cc2Br)C1. The third-order valence-electron chi connectivity index (χ3n) is 3.12. The van der Waals surface area contributed by atoms with E-state index in [1.807, 2.05) is 30.0 Å². The van der Waals surface area contributed by atoms with Crippen LogP contribution in [0.1, 0.15) is 18.9 Å². The molecule has 0 spiro atoms. The lowest BCUT2D eigenvalue weighted by Crippen LogP contribution is -2.25. The summed E-state index contributed by atoms with van der Waals surface area (Å²) in [6, 6.07) is 5.99. The number of benzene rings is 1. The maximum absolute atomic E-state index is 12.1. The quantitative estimate of drug-likeness (QED) is 0.845. The van der Waals surface area contributed by atoms with Crippen LogP contribution in [-0.4, -0.2) is 23.3 Å². The normalized spacial score (nSPS) is 19.0. The van der Waals surface area contributed by atoms with E-state index in [9.17, 15) is 9.59 Å². The molecule has 1 aromatic carbocycles. The summed E-state index contributed by atoms with van der Waals surface area (Å²) in [5, 5.41) is 0.113. The fraction of sp³-hybridized carbons (Fsp3) is 0.429. The van der Waals surface area contributed by atoms with Crippen LogP contribution in [-0.2, 0) is 9.59 Å². The highest BCUT2D eigenvalue weighted by molar-refractivity contribution is 9.10. The van der Waals surface area contributed by atoms with Crippen molar-refractivity contribution in [3.63, 3.8) is 0 Å². The highest BCUT2D eigenvalue weighted by Crippen LogP contribution is 2.33. The van der Waals surface area contributed by atoms with Gasteiger partial charge < -0.3 is 4.90 Å². The van der Waals surface area contributed by atoms with Gasteiger partial charge in [-0.2, -0.15) is 0 Å². The van der Waals surface area contributed by atoms with Crippen LogP contribution in [0.4, 0.5) is 5.69 Å². The number of anilines is 1. The molecule has 1 atom stereocenters. The van der Waals surface area contributed by atoms with Crippen LogP contribution >= 0.6 is 27.7 Å². The van der Waals surface area contributed by atoms with Crippen LogP contribution < -0.4 is 4.90 Å². The molecule has 1 saturated heterocycles. The molecule has 0 saturated carbocycles. The standard InChI is InChI=1S/C14H16BrNO2S/c1-9-3-4-13(12(15)5-9)16-7-11(6-14(16)18)8-19-10(2)17/h3-5,11H,6-8H2,1-2H3. The van der Waals surface area contributed by atoms with Gasteiger partial charge in [-0.15, -0.1) is 0 Å². The number of aryl methyl sites for hydroxylation is 1. The van der Waals surface area contributed by atoms with Gasteiger partial charge in [0, 0.05) is 30.1 Å². The summed E-state index contributed by atoms with van der Waals surface area (Å²) in [5.74, 6) is 1.12. The van der Waals surface area contributed by atoms with E-state index in [-0.39, 0.29) is 16.9 Å². The minimum Gasteiger partial charge on any atom is -0.311 e. The van der Waals surface area contributed by atoms with Gasteiger partial charge in [-0.05, 0) is 46.5 Å². The molecule has 102 valence electrons. The van der Waals surface area contributed by atoms with E-state index < -0.39 is 0 Å². The zero-order valence-electron chi connectivity index (χ0n) is 11.0. The summed E-state index contributed by atoms with van der Waals surface area (Å²) in [5.41, 5.74) is 2.08. The van der Waals surface area contributed by atoms with Crippen molar-refractivity contribution in [2.45, 2.75) is 20.3 Å². The van der Waals surface area contributed by atoms with Crippen molar-refractivity contribution < 1.29 is 9.59 Å². The molecule has 0 aromatic heterocycles. The van der Waals surface area contributed by atoms with E-state index in [4.69, 9.17) is 0 Å². The van der Waals surface area contributed by atoms with Gasteiger partial charge in [-0.1, -0.05) is 17.8 Å². The zero-order chi connectivity index (χ0) is 14.0. The molecule has 1 aromatic rings. The van der Waals surface area contributed by atoms with E-state index in [0.29, 0.717) is 13.0 Å². The zero-order valence-corrected chi connectivity index (χ0v) is 13.4. The minimum absolute atomic E-state index is 0.113. The first-order valence-corrected chi connectivity index (χ1v) is 7.95. The van der Waals surface area contributed by atoms with Crippen molar-refractivity contribution in [2.24, 2.45) is 5.92 Å². The molecule has 0 aliphatic carbocycles. The fourth-order valence-electron chi connectivity index (χ4n) is 2.19. The second kappa shape index (κ2) is 6.09. The summed E-state index contributed by atoms with van der Waals surface area (Å²) in [6.45, 7) is 4.28. The maximum atomic E-state index is 12.1. The molecule has 19 heavy (non-hydrogen) atoms. The van der Waals surface area contributed by atoms with Gasteiger partial charge in [0.2, 0.25) is 5.91 Å². The minimum atomic E-state index is 0.113. The first-order valence-electron chi connectivity index (χ1n) is 6.17. The number of halogens is 1. The summed E-state index contributed by atoms with van der Waals surface area (Å²) < 4.78 is 0.945. The average molecular weight is 342 g/mol. The molecule has 5 heteroatoms. The Labute approximate surface area is 125 Å². The average Bonchev–Trinajstić information content (AvgIpc) is 2.68. The van der Waals surface area contributed by atoms with Gasteiger partial charge in [0.15, 0.2) is 5.12 Å². The van der Waals surface area contributed by atoms with Gasteiger partial charge in [-0.25, -0.2) is 0 Å². The Balaban J connectivity index is 2.09. The van der Waals surface area contributed by atoms with Crippen molar-refractivity contribution in [1.82, 2.24) is 0 Å². The van der Waals surface area contributed by atoms with Crippen molar-refractivity contribution in [1.29, 1.82) is 0 Å². The molecule has 2 rings (SSSR count). The Bertz CT molecular complexity index is 518. The van der Waals surface area contributed by atoms with Crippen molar-refractivity contribution in [2.75, 3.05) is 17.2 Å². The van der Waals surface area contributed by atoms with Crippen molar-refractivity contribution in [3.8, 4) is 0 Å². The second-order valence-corrected chi connectivity index (χ2v) is 6.88. The highest BCUT2D eigenvalue weighted by atomic mass is 79.9. The van der Waals surface area contributed by atoms with Gasteiger partial charge in [0.25, 0.3) is 0 Å². The topological polar surface area (TPSA) is 37.4 Å². The Morgan fingerprint density at radius 3 is 2.89 bits per heavy atom. The lowest BCUT2D eigenvalue weighted by molar-refractivity contribution is -0.117. The molecular weight excluding hydrogens is 326 g/mol. The molecule has 1 unspecified atom stereocenters. The number of hydrogen-bond donors (Lipinski definition) is 0. The number of hydrogen-bond acceptors (Lipinski definition) is 3. The number of carbonyl (C=O) groups is 2. The molecule has 1 heterocycles. The number of nitrogens with zero attached hydrogens (tertiary/aromatic N) is 1. The molecule has 3 nitrogen and oxygen atoms in total. The van der Waals surface area contributed by atoms with Crippen LogP contribution in [0, 0.1) is 12.8 Å². The first-order chi connectivity index (χ1) is 8.97. The highest BCUT2D eigenvalue weighted by Gasteiger charge is 2.31. The van der Waals surface area contributed by atoms with Crippen LogP contribution in [0.25, 0.3) is 0 Å². The number of rotatable bonds is 3. The Hall–Kier alpha value is -0.810. The molecule has 1 aliphatic rings.